The average molecular weight is 565 g/mol. The number of hydrogen-bond donors (Lipinski definition) is 3. The molecular weight excluding hydrogens is 534 g/mol. The molecule has 0 bridgehead atoms. The number of nitrogens with zero attached hydrogens (tertiary/aromatic N) is 4. The van der Waals surface area contributed by atoms with Crippen LogP contribution in [0, 0.1) is 11.6 Å². The second kappa shape index (κ2) is 12.8. The Balaban J connectivity index is 1.24. The molecule has 10 nitrogen and oxygen atoms in total. The minimum atomic E-state index is -1.06. The van der Waals surface area contributed by atoms with Gasteiger partial charge in [-0.15, -0.1) is 10.2 Å². The Morgan fingerprint density at radius 2 is 1.80 bits per heavy atom. The van der Waals surface area contributed by atoms with Crippen LogP contribution in [0.5, 0.6) is 11.5 Å². The van der Waals surface area contributed by atoms with Gasteiger partial charge in [0.25, 0.3) is 0 Å². The molecule has 1 aliphatic heterocycles. The monoisotopic (exact) mass is 564 g/mol. The quantitative estimate of drug-likeness (QED) is 0.240. The van der Waals surface area contributed by atoms with Gasteiger partial charge in [-0.3, -0.25) is 4.79 Å². The summed E-state index contributed by atoms with van der Waals surface area (Å²) in [4.78, 5) is 14.1. The van der Waals surface area contributed by atoms with E-state index in [1.807, 2.05) is 18.2 Å². The summed E-state index contributed by atoms with van der Waals surface area (Å²) in [6.07, 6.45) is -0.150. The van der Waals surface area contributed by atoms with Gasteiger partial charge < -0.3 is 25.2 Å². The predicted octanol–water partition coefficient (Wildman–Crippen LogP) is 2.79. The number of carbonyl (C=O) groups excluding carboxylic acids is 1. The van der Waals surface area contributed by atoms with Gasteiger partial charge >= 0.3 is 0 Å². The van der Waals surface area contributed by atoms with E-state index in [-0.39, 0.29) is 26.3 Å². The number of ether oxygens (including phenoxy) is 2. The van der Waals surface area contributed by atoms with Gasteiger partial charge in [0.2, 0.25) is 18.5 Å². The van der Waals surface area contributed by atoms with E-state index < -0.39 is 29.7 Å². The van der Waals surface area contributed by atoms with Crippen LogP contribution in [-0.4, -0.2) is 56.7 Å². The van der Waals surface area contributed by atoms with E-state index in [0.717, 1.165) is 22.8 Å². The summed E-state index contributed by atoms with van der Waals surface area (Å²) in [5.41, 5.74) is 3.19. The molecule has 12 heteroatoms. The van der Waals surface area contributed by atoms with Crippen LogP contribution in [0.3, 0.4) is 0 Å². The van der Waals surface area contributed by atoms with Gasteiger partial charge in [0, 0.05) is 24.7 Å². The molecule has 0 unspecified atom stereocenters. The van der Waals surface area contributed by atoms with Crippen molar-refractivity contribution in [3.05, 3.63) is 89.0 Å². The maximum atomic E-state index is 13.9. The first-order chi connectivity index (χ1) is 19.9. The molecule has 0 aliphatic carbocycles. The third-order valence-electron chi connectivity index (χ3n) is 6.64. The number of benzene rings is 3. The molecule has 1 amide bonds. The first-order valence-electron chi connectivity index (χ1n) is 13.2. The van der Waals surface area contributed by atoms with Crippen LogP contribution in [0.25, 0.3) is 11.4 Å². The molecule has 214 valence electrons. The zero-order valence-corrected chi connectivity index (χ0v) is 22.4. The number of rotatable bonds is 12. The van der Waals surface area contributed by atoms with Crippen molar-refractivity contribution in [3.8, 4) is 22.9 Å². The van der Waals surface area contributed by atoms with Crippen molar-refractivity contribution in [3.63, 3.8) is 0 Å². The number of amides is 1. The van der Waals surface area contributed by atoms with E-state index in [1.165, 1.54) is 17.7 Å². The maximum absolute atomic E-state index is 13.9. The topological polar surface area (TPSA) is 123 Å². The van der Waals surface area contributed by atoms with Crippen molar-refractivity contribution >= 4 is 5.91 Å². The Hall–Kier alpha value is -4.42. The number of aryl methyl sites for hydroxylation is 1. The molecular formula is C29H30F2N6O4. The molecule has 1 aliphatic rings. The van der Waals surface area contributed by atoms with Crippen molar-refractivity contribution in [1.29, 1.82) is 0 Å². The maximum Gasteiger partial charge on any atom is 0.243 e. The van der Waals surface area contributed by atoms with Gasteiger partial charge in [-0.1, -0.05) is 31.2 Å². The van der Waals surface area contributed by atoms with Gasteiger partial charge in [-0.2, -0.15) is 4.80 Å². The van der Waals surface area contributed by atoms with Crippen LogP contribution in [-0.2, 0) is 30.7 Å². The lowest BCUT2D eigenvalue weighted by atomic mass is 10.0. The highest BCUT2D eigenvalue weighted by molar-refractivity contribution is 5.76. The second-order valence-corrected chi connectivity index (χ2v) is 9.74. The Bertz CT molecular complexity index is 1490. The predicted molar refractivity (Wildman–Crippen MR) is 145 cm³/mol. The summed E-state index contributed by atoms with van der Waals surface area (Å²) in [7, 11) is 0. The van der Waals surface area contributed by atoms with E-state index in [4.69, 9.17) is 9.47 Å². The fourth-order valence-corrected chi connectivity index (χ4v) is 4.57. The van der Waals surface area contributed by atoms with Gasteiger partial charge in [-0.05, 0) is 65.1 Å². The summed E-state index contributed by atoms with van der Waals surface area (Å²) < 4.78 is 38.4. The number of aliphatic hydroxyl groups is 1. The minimum absolute atomic E-state index is 0.00180. The second-order valence-electron chi connectivity index (χ2n) is 9.74. The van der Waals surface area contributed by atoms with Crippen molar-refractivity contribution in [2.45, 2.75) is 45.0 Å². The van der Waals surface area contributed by atoms with E-state index in [1.54, 1.807) is 18.2 Å². The molecule has 1 aromatic heterocycles. The number of aromatic nitrogens is 4. The number of halogens is 2. The molecule has 0 spiro atoms. The van der Waals surface area contributed by atoms with Gasteiger partial charge in [0.15, 0.2) is 11.5 Å². The first-order valence-corrected chi connectivity index (χ1v) is 13.2. The molecule has 5 rings (SSSR count). The molecule has 0 radical (unpaired) electrons. The molecule has 3 N–H and O–H groups in total. The van der Waals surface area contributed by atoms with E-state index in [0.29, 0.717) is 35.0 Å². The number of nitrogens with one attached hydrogen (secondary N) is 2. The summed E-state index contributed by atoms with van der Waals surface area (Å²) in [6, 6.07) is 15.6. The highest BCUT2D eigenvalue weighted by Crippen LogP contribution is 2.34. The van der Waals surface area contributed by atoms with E-state index in [2.05, 4.69) is 39.0 Å². The standard InChI is InChI=1S/C29H30F2N6O4/c1-2-18-4-3-5-19(8-18)14-32-15-25(38)24(11-20-9-22(30)13-23(31)10-20)33-28(39)16-37-35-29(34-36-37)21-6-7-26-27(12-21)41-17-40-26/h3-10,12-13,24-25,32,38H,2,11,14-17H2,1H3,(H,33,39)/t24-,25+/m1/s1. The van der Waals surface area contributed by atoms with Crippen LogP contribution >= 0.6 is 0 Å². The van der Waals surface area contributed by atoms with Crippen LogP contribution < -0.4 is 20.1 Å². The van der Waals surface area contributed by atoms with Crippen LogP contribution in [0.4, 0.5) is 8.78 Å². The van der Waals surface area contributed by atoms with Gasteiger partial charge in [-0.25, -0.2) is 8.78 Å². The Morgan fingerprint density at radius 1 is 1.02 bits per heavy atom. The number of hydrogen-bond acceptors (Lipinski definition) is 8. The summed E-state index contributed by atoms with van der Waals surface area (Å²) in [6.45, 7) is 2.57. The molecule has 0 saturated heterocycles. The zero-order valence-electron chi connectivity index (χ0n) is 22.4. The summed E-state index contributed by atoms with van der Waals surface area (Å²) in [5, 5.41) is 29.2. The van der Waals surface area contributed by atoms with Crippen molar-refractivity contribution in [2.24, 2.45) is 0 Å². The molecule has 2 atom stereocenters. The molecule has 0 fully saturated rings. The molecule has 2 heterocycles. The van der Waals surface area contributed by atoms with E-state index >= 15 is 0 Å². The number of aliphatic hydroxyl groups excluding tert-OH is 1. The van der Waals surface area contributed by atoms with Crippen LogP contribution in [0.2, 0.25) is 0 Å². The Morgan fingerprint density at radius 3 is 2.61 bits per heavy atom. The highest BCUT2D eigenvalue weighted by atomic mass is 19.1. The fourth-order valence-electron chi connectivity index (χ4n) is 4.57. The summed E-state index contributed by atoms with van der Waals surface area (Å²) >= 11 is 0. The third kappa shape index (κ3) is 7.41. The van der Waals surface area contributed by atoms with Crippen LogP contribution in [0.15, 0.2) is 60.7 Å². The SMILES string of the molecule is CCc1cccc(CNC[C@H](O)[C@@H](Cc2cc(F)cc(F)c2)NC(=O)Cn2nnc(-c3ccc4c(c3)OCO4)n2)c1. The Kier molecular flexibility index (Phi) is 8.80. The van der Waals surface area contributed by atoms with Crippen molar-refractivity contribution < 1.29 is 28.2 Å². The molecule has 4 aromatic rings. The smallest absolute Gasteiger partial charge is 0.243 e. The largest absolute Gasteiger partial charge is 0.454 e. The summed E-state index contributed by atoms with van der Waals surface area (Å²) in [5.74, 6) is -0.510. The van der Waals surface area contributed by atoms with Crippen molar-refractivity contribution in [2.75, 3.05) is 13.3 Å². The zero-order chi connectivity index (χ0) is 28.8. The lowest BCUT2D eigenvalue weighted by Gasteiger charge is -2.25. The number of tetrazole rings is 1. The normalized spacial score (nSPS) is 13.7. The first kappa shape index (κ1) is 28.1. The van der Waals surface area contributed by atoms with E-state index in [9.17, 15) is 18.7 Å². The third-order valence-corrected chi connectivity index (χ3v) is 6.64. The fraction of sp³-hybridized carbons (Fsp3) is 0.310. The van der Waals surface area contributed by atoms with Crippen molar-refractivity contribution in [1.82, 2.24) is 30.8 Å². The molecule has 0 saturated carbocycles. The van der Waals surface area contributed by atoms with Crippen LogP contribution in [0.1, 0.15) is 23.6 Å². The van der Waals surface area contributed by atoms with Gasteiger partial charge in [0.1, 0.15) is 18.2 Å². The molecule has 41 heavy (non-hydrogen) atoms. The Labute approximate surface area is 235 Å². The lowest BCUT2D eigenvalue weighted by molar-refractivity contribution is -0.123. The minimum Gasteiger partial charge on any atom is -0.454 e. The number of carbonyl (C=O) groups is 1. The molecule has 3 aromatic carbocycles. The highest BCUT2D eigenvalue weighted by Gasteiger charge is 2.23. The lowest BCUT2D eigenvalue weighted by Crippen LogP contribution is -2.49. The van der Waals surface area contributed by atoms with Gasteiger partial charge in [0.05, 0.1) is 12.1 Å². The number of fused-ring (bicyclic) bond motifs is 1. The average Bonchev–Trinajstić information content (AvgIpc) is 3.61.